The second-order valence-corrected chi connectivity index (χ2v) is 3.35. The van der Waals surface area contributed by atoms with Crippen molar-refractivity contribution in [2.75, 3.05) is 12.8 Å². The predicted molar refractivity (Wildman–Crippen MR) is 52.4 cm³/mol. The molecule has 0 fully saturated rings. The number of anilines is 1. The average Bonchev–Trinajstić information content (AvgIpc) is 2.02. The van der Waals surface area contributed by atoms with E-state index in [4.69, 9.17) is 10.5 Å². The van der Waals surface area contributed by atoms with Crippen LogP contribution in [-0.4, -0.2) is 12.1 Å². The van der Waals surface area contributed by atoms with Gasteiger partial charge in [0, 0.05) is 11.3 Å². The summed E-state index contributed by atoms with van der Waals surface area (Å²) in [5.41, 5.74) is 7.54. The smallest absolute Gasteiger partial charge is 0.141 e. The zero-order valence-electron chi connectivity index (χ0n) is 7.31. The van der Waals surface area contributed by atoms with Crippen molar-refractivity contribution in [1.82, 2.24) is 4.98 Å². The minimum atomic E-state index is 0.468. The van der Waals surface area contributed by atoms with Gasteiger partial charge in [0.2, 0.25) is 0 Å². The van der Waals surface area contributed by atoms with Gasteiger partial charge in [0.15, 0.2) is 0 Å². The normalized spacial score (nSPS) is 10.0. The van der Waals surface area contributed by atoms with Crippen LogP contribution in [0.5, 0.6) is 5.75 Å². The van der Waals surface area contributed by atoms with Crippen molar-refractivity contribution >= 4 is 21.7 Å². The first-order chi connectivity index (χ1) is 5.57. The fourth-order valence-corrected chi connectivity index (χ4v) is 1.55. The first-order valence-electron chi connectivity index (χ1n) is 3.54. The summed E-state index contributed by atoms with van der Waals surface area (Å²) < 4.78 is 5.90. The number of pyridine rings is 1. The van der Waals surface area contributed by atoms with E-state index in [0.29, 0.717) is 5.82 Å². The van der Waals surface area contributed by atoms with E-state index in [1.54, 1.807) is 7.11 Å². The summed E-state index contributed by atoms with van der Waals surface area (Å²) in [6.45, 7) is 3.85. The quantitative estimate of drug-likeness (QED) is 0.804. The molecule has 0 unspecified atom stereocenters. The molecule has 0 aliphatic carbocycles. The highest BCUT2D eigenvalue weighted by molar-refractivity contribution is 9.10. The molecule has 0 saturated heterocycles. The van der Waals surface area contributed by atoms with Crippen LogP contribution >= 0.6 is 15.9 Å². The standard InChI is InChI=1S/C8H11BrN2O/c1-4-5(2)11-8(10)6(9)7(4)12-3/h1-3H3,(H2,10,11). The van der Waals surface area contributed by atoms with Crippen LogP contribution in [0, 0.1) is 13.8 Å². The fourth-order valence-electron chi connectivity index (χ4n) is 1.00. The Bertz CT molecular complexity index is 286. The van der Waals surface area contributed by atoms with Crippen LogP contribution in [0.1, 0.15) is 11.3 Å². The molecule has 1 aromatic rings. The van der Waals surface area contributed by atoms with E-state index < -0.39 is 0 Å². The molecule has 12 heavy (non-hydrogen) atoms. The Morgan fingerprint density at radius 3 is 2.50 bits per heavy atom. The molecule has 1 aromatic heterocycles. The molecule has 3 nitrogen and oxygen atoms in total. The maximum absolute atomic E-state index is 5.63. The second-order valence-electron chi connectivity index (χ2n) is 2.55. The molecule has 0 aliphatic rings. The fraction of sp³-hybridized carbons (Fsp3) is 0.375. The van der Waals surface area contributed by atoms with E-state index in [-0.39, 0.29) is 0 Å². The lowest BCUT2D eigenvalue weighted by Gasteiger charge is -2.10. The van der Waals surface area contributed by atoms with Crippen molar-refractivity contribution in [1.29, 1.82) is 0 Å². The average molecular weight is 231 g/mol. The number of aromatic nitrogens is 1. The van der Waals surface area contributed by atoms with Crippen molar-refractivity contribution in [2.24, 2.45) is 0 Å². The van der Waals surface area contributed by atoms with Gasteiger partial charge in [-0.3, -0.25) is 0 Å². The Morgan fingerprint density at radius 2 is 2.00 bits per heavy atom. The van der Waals surface area contributed by atoms with Gasteiger partial charge in [-0.15, -0.1) is 0 Å². The van der Waals surface area contributed by atoms with Crippen LogP contribution in [0.4, 0.5) is 5.82 Å². The summed E-state index contributed by atoms with van der Waals surface area (Å²) in [6, 6.07) is 0. The van der Waals surface area contributed by atoms with Gasteiger partial charge in [0.1, 0.15) is 16.0 Å². The maximum atomic E-state index is 5.63. The van der Waals surface area contributed by atoms with E-state index in [1.807, 2.05) is 13.8 Å². The highest BCUT2D eigenvalue weighted by atomic mass is 79.9. The number of nitrogens with zero attached hydrogens (tertiary/aromatic N) is 1. The molecule has 0 aromatic carbocycles. The lowest BCUT2D eigenvalue weighted by atomic mass is 10.2. The van der Waals surface area contributed by atoms with Crippen molar-refractivity contribution in [3.05, 3.63) is 15.7 Å². The van der Waals surface area contributed by atoms with Gasteiger partial charge in [-0.25, -0.2) is 4.98 Å². The first-order valence-corrected chi connectivity index (χ1v) is 4.33. The second kappa shape index (κ2) is 3.31. The van der Waals surface area contributed by atoms with E-state index >= 15 is 0 Å². The first kappa shape index (κ1) is 9.32. The van der Waals surface area contributed by atoms with Gasteiger partial charge in [0.05, 0.1) is 7.11 Å². The lowest BCUT2D eigenvalue weighted by Crippen LogP contribution is -2.00. The highest BCUT2D eigenvalue weighted by Crippen LogP contribution is 2.33. The van der Waals surface area contributed by atoms with Crippen LogP contribution in [0.3, 0.4) is 0 Å². The molecule has 4 heteroatoms. The van der Waals surface area contributed by atoms with Crippen molar-refractivity contribution in [3.63, 3.8) is 0 Å². The Hall–Kier alpha value is -0.770. The molecule has 0 saturated carbocycles. The molecule has 1 heterocycles. The third-order valence-electron chi connectivity index (χ3n) is 1.80. The van der Waals surface area contributed by atoms with Crippen LogP contribution in [0.25, 0.3) is 0 Å². The lowest BCUT2D eigenvalue weighted by molar-refractivity contribution is 0.408. The summed E-state index contributed by atoms with van der Waals surface area (Å²) in [6.07, 6.45) is 0. The van der Waals surface area contributed by atoms with Crippen LogP contribution in [-0.2, 0) is 0 Å². The third kappa shape index (κ3) is 1.39. The van der Waals surface area contributed by atoms with Crippen molar-refractivity contribution in [3.8, 4) is 5.75 Å². The molecule has 0 atom stereocenters. The summed E-state index contributed by atoms with van der Waals surface area (Å²) in [5.74, 6) is 1.23. The predicted octanol–water partition coefficient (Wildman–Crippen LogP) is 2.05. The number of nitrogen functional groups attached to an aromatic ring is 1. The topological polar surface area (TPSA) is 48.1 Å². The molecular weight excluding hydrogens is 220 g/mol. The number of hydrogen-bond acceptors (Lipinski definition) is 3. The van der Waals surface area contributed by atoms with Gasteiger partial charge < -0.3 is 10.5 Å². The minimum Gasteiger partial charge on any atom is -0.495 e. The van der Waals surface area contributed by atoms with Crippen LogP contribution < -0.4 is 10.5 Å². The molecule has 0 spiro atoms. The minimum absolute atomic E-state index is 0.468. The number of hydrogen-bond donors (Lipinski definition) is 1. The van der Waals surface area contributed by atoms with Crippen molar-refractivity contribution < 1.29 is 4.74 Å². The molecule has 0 amide bonds. The number of aryl methyl sites for hydroxylation is 1. The van der Waals surface area contributed by atoms with E-state index in [9.17, 15) is 0 Å². The summed E-state index contributed by atoms with van der Waals surface area (Å²) >= 11 is 3.31. The molecular formula is C8H11BrN2O. The molecule has 2 N–H and O–H groups in total. The van der Waals surface area contributed by atoms with Crippen LogP contribution in [0.15, 0.2) is 4.47 Å². The number of nitrogens with two attached hydrogens (primary N) is 1. The molecule has 0 aliphatic heterocycles. The molecule has 1 rings (SSSR count). The Kier molecular flexibility index (Phi) is 2.57. The van der Waals surface area contributed by atoms with Crippen LogP contribution in [0.2, 0.25) is 0 Å². The Morgan fingerprint density at radius 1 is 1.42 bits per heavy atom. The largest absolute Gasteiger partial charge is 0.495 e. The Balaban J connectivity index is 3.42. The molecule has 66 valence electrons. The monoisotopic (exact) mass is 230 g/mol. The summed E-state index contributed by atoms with van der Waals surface area (Å²) in [5, 5.41) is 0. The zero-order chi connectivity index (χ0) is 9.30. The maximum Gasteiger partial charge on any atom is 0.141 e. The highest BCUT2D eigenvalue weighted by Gasteiger charge is 2.10. The summed E-state index contributed by atoms with van der Waals surface area (Å²) in [7, 11) is 1.62. The molecule has 0 bridgehead atoms. The van der Waals surface area contributed by atoms with E-state index in [0.717, 1.165) is 21.5 Å². The van der Waals surface area contributed by atoms with Gasteiger partial charge in [0.25, 0.3) is 0 Å². The summed E-state index contributed by atoms with van der Waals surface area (Å²) in [4.78, 5) is 4.13. The number of methoxy groups -OCH3 is 1. The SMILES string of the molecule is COc1c(C)c(C)nc(N)c1Br. The third-order valence-corrected chi connectivity index (χ3v) is 2.57. The van der Waals surface area contributed by atoms with Gasteiger partial charge in [-0.2, -0.15) is 0 Å². The number of rotatable bonds is 1. The van der Waals surface area contributed by atoms with Gasteiger partial charge in [-0.05, 0) is 29.8 Å². The molecule has 0 radical (unpaired) electrons. The van der Waals surface area contributed by atoms with Gasteiger partial charge >= 0.3 is 0 Å². The van der Waals surface area contributed by atoms with Gasteiger partial charge in [-0.1, -0.05) is 0 Å². The number of ether oxygens (including phenoxy) is 1. The van der Waals surface area contributed by atoms with Crippen molar-refractivity contribution in [2.45, 2.75) is 13.8 Å². The Labute approximate surface area is 80.1 Å². The van der Waals surface area contributed by atoms with E-state index in [2.05, 4.69) is 20.9 Å². The number of halogens is 1. The zero-order valence-corrected chi connectivity index (χ0v) is 8.90. The van der Waals surface area contributed by atoms with E-state index in [1.165, 1.54) is 0 Å².